The summed E-state index contributed by atoms with van der Waals surface area (Å²) in [6, 6.07) is 9.96. The molecule has 2 amide bonds. The van der Waals surface area contributed by atoms with Crippen LogP contribution in [0.15, 0.2) is 30.3 Å². The minimum Gasteiger partial charge on any atom is -0.333 e. The van der Waals surface area contributed by atoms with Crippen LogP contribution in [-0.4, -0.2) is 58.9 Å². The maximum absolute atomic E-state index is 13.6. The van der Waals surface area contributed by atoms with Gasteiger partial charge in [-0.1, -0.05) is 18.2 Å². The Morgan fingerprint density at radius 2 is 1.85 bits per heavy atom. The topological polar surface area (TPSA) is 52.7 Å². The predicted octanol–water partition coefficient (Wildman–Crippen LogP) is 2.46. The molecule has 26 heavy (non-hydrogen) atoms. The van der Waals surface area contributed by atoms with Gasteiger partial charge in [-0.3, -0.25) is 9.59 Å². The molecule has 1 N–H and O–H groups in total. The van der Waals surface area contributed by atoms with Crippen LogP contribution in [0.1, 0.15) is 49.4 Å². The lowest BCUT2D eigenvalue weighted by Gasteiger charge is -2.40. The van der Waals surface area contributed by atoms with Gasteiger partial charge in [0.2, 0.25) is 5.91 Å². The van der Waals surface area contributed by atoms with E-state index in [-0.39, 0.29) is 30.3 Å². The number of carbonyl (C=O) groups excluding carboxylic acids is 2. The molecule has 3 fully saturated rings. The Balaban J connectivity index is 0.00000196. The third-order valence-electron chi connectivity index (χ3n) is 6.26. The van der Waals surface area contributed by atoms with Crippen LogP contribution in [0.4, 0.5) is 0 Å². The fraction of sp³-hybridized carbons (Fsp3) is 0.600. The van der Waals surface area contributed by atoms with Crippen molar-refractivity contribution in [1.29, 1.82) is 0 Å². The molecule has 3 unspecified atom stereocenters. The fourth-order valence-corrected chi connectivity index (χ4v) is 4.84. The molecule has 4 rings (SSSR count). The minimum atomic E-state index is -0.710. The molecule has 3 aliphatic heterocycles. The van der Waals surface area contributed by atoms with E-state index in [1.54, 1.807) is 0 Å². The van der Waals surface area contributed by atoms with Crippen LogP contribution >= 0.6 is 12.4 Å². The average Bonchev–Trinajstić information content (AvgIpc) is 3.14. The highest BCUT2D eigenvalue weighted by atomic mass is 35.5. The molecule has 1 aromatic carbocycles. The van der Waals surface area contributed by atoms with Crippen molar-refractivity contribution >= 4 is 24.2 Å². The van der Waals surface area contributed by atoms with Crippen molar-refractivity contribution in [3.05, 3.63) is 35.9 Å². The molecule has 142 valence electrons. The van der Waals surface area contributed by atoms with E-state index >= 15 is 0 Å². The van der Waals surface area contributed by atoms with E-state index in [1.165, 1.54) is 0 Å². The Hall–Kier alpha value is -1.59. The van der Waals surface area contributed by atoms with Gasteiger partial charge in [0.15, 0.2) is 0 Å². The molecule has 2 bridgehead atoms. The number of nitrogens with zero attached hydrogens (tertiary/aromatic N) is 2. The Labute approximate surface area is 161 Å². The number of hydrogen-bond donors (Lipinski definition) is 1. The minimum absolute atomic E-state index is 0. The third-order valence-corrected chi connectivity index (χ3v) is 6.26. The maximum atomic E-state index is 13.6. The van der Waals surface area contributed by atoms with Gasteiger partial charge in [0.1, 0.15) is 5.54 Å². The Morgan fingerprint density at radius 1 is 1.12 bits per heavy atom. The molecule has 0 aromatic heterocycles. The predicted molar refractivity (Wildman–Crippen MR) is 104 cm³/mol. The van der Waals surface area contributed by atoms with Gasteiger partial charge in [0.05, 0.1) is 0 Å². The molecule has 3 aliphatic rings. The molecule has 3 atom stereocenters. The normalized spacial score (nSPS) is 30.7. The Morgan fingerprint density at radius 3 is 2.62 bits per heavy atom. The van der Waals surface area contributed by atoms with Crippen molar-refractivity contribution < 1.29 is 9.59 Å². The highest BCUT2D eigenvalue weighted by Crippen LogP contribution is 2.37. The summed E-state index contributed by atoms with van der Waals surface area (Å²) < 4.78 is 0. The van der Waals surface area contributed by atoms with Crippen LogP contribution in [0.3, 0.4) is 0 Å². The fourth-order valence-electron chi connectivity index (χ4n) is 4.84. The molecule has 0 spiro atoms. The van der Waals surface area contributed by atoms with Gasteiger partial charge < -0.3 is 15.1 Å². The zero-order valence-corrected chi connectivity index (χ0v) is 16.1. The number of nitrogens with one attached hydrogen (secondary N) is 1. The van der Waals surface area contributed by atoms with Crippen molar-refractivity contribution in [3.8, 4) is 0 Å². The molecule has 0 saturated carbocycles. The van der Waals surface area contributed by atoms with E-state index in [0.717, 1.165) is 45.2 Å². The quantitative estimate of drug-likeness (QED) is 0.861. The second-order valence-electron chi connectivity index (χ2n) is 7.79. The number of likely N-dealkylation sites (tertiary alicyclic amines) is 1. The van der Waals surface area contributed by atoms with Crippen LogP contribution in [0.2, 0.25) is 0 Å². The summed E-state index contributed by atoms with van der Waals surface area (Å²) in [6.45, 7) is 4.50. The zero-order chi connectivity index (χ0) is 17.4. The van der Waals surface area contributed by atoms with Crippen molar-refractivity contribution in [2.75, 3.05) is 19.6 Å². The van der Waals surface area contributed by atoms with Gasteiger partial charge >= 0.3 is 0 Å². The molecule has 3 saturated heterocycles. The number of benzene rings is 1. The SMILES string of the molecule is CC1(C(=O)N2C3CCNCC2CC3)CCCN1C(=O)c1ccccc1.Cl. The number of rotatable bonds is 2. The zero-order valence-electron chi connectivity index (χ0n) is 15.3. The summed E-state index contributed by atoms with van der Waals surface area (Å²) in [5.74, 6) is 0.139. The molecule has 3 heterocycles. The average molecular weight is 378 g/mol. The summed E-state index contributed by atoms with van der Waals surface area (Å²) >= 11 is 0. The first-order chi connectivity index (χ1) is 12.1. The Kier molecular flexibility index (Phi) is 5.58. The van der Waals surface area contributed by atoms with E-state index in [1.807, 2.05) is 42.2 Å². The third kappa shape index (κ3) is 3.12. The van der Waals surface area contributed by atoms with Gasteiger partial charge in [-0.05, 0) is 57.7 Å². The lowest BCUT2D eigenvalue weighted by Crippen LogP contribution is -2.59. The number of hydrogen-bond acceptors (Lipinski definition) is 3. The monoisotopic (exact) mass is 377 g/mol. The van der Waals surface area contributed by atoms with E-state index in [0.29, 0.717) is 18.2 Å². The molecule has 6 heteroatoms. The summed E-state index contributed by atoms with van der Waals surface area (Å²) in [5.41, 5.74) is -0.0399. The van der Waals surface area contributed by atoms with Gasteiger partial charge in [-0.2, -0.15) is 0 Å². The second-order valence-corrected chi connectivity index (χ2v) is 7.79. The van der Waals surface area contributed by atoms with E-state index < -0.39 is 5.54 Å². The molecular weight excluding hydrogens is 350 g/mol. The highest BCUT2D eigenvalue weighted by Gasteiger charge is 2.51. The van der Waals surface area contributed by atoms with Gasteiger partial charge in [-0.25, -0.2) is 0 Å². The van der Waals surface area contributed by atoms with Crippen molar-refractivity contribution in [3.63, 3.8) is 0 Å². The van der Waals surface area contributed by atoms with Gasteiger partial charge in [0, 0.05) is 30.7 Å². The summed E-state index contributed by atoms with van der Waals surface area (Å²) in [5, 5.41) is 3.45. The van der Waals surface area contributed by atoms with Crippen LogP contribution in [-0.2, 0) is 4.79 Å². The number of halogens is 1. The summed E-state index contributed by atoms with van der Waals surface area (Å²) in [7, 11) is 0. The highest BCUT2D eigenvalue weighted by molar-refractivity contribution is 5.99. The van der Waals surface area contributed by atoms with Crippen LogP contribution in [0.5, 0.6) is 0 Å². The van der Waals surface area contributed by atoms with E-state index in [4.69, 9.17) is 0 Å². The number of amides is 2. The lowest BCUT2D eigenvalue weighted by atomic mass is 9.94. The van der Waals surface area contributed by atoms with Crippen molar-refractivity contribution in [2.24, 2.45) is 0 Å². The Bertz CT molecular complexity index is 654. The second kappa shape index (κ2) is 7.57. The first-order valence-electron chi connectivity index (χ1n) is 9.52. The smallest absolute Gasteiger partial charge is 0.254 e. The summed E-state index contributed by atoms with van der Waals surface area (Å²) in [6.07, 6.45) is 4.84. The lowest BCUT2D eigenvalue weighted by molar-refractivity contribution is -0.143. The maximum Gasteiger partial charge on any atom is 0.254 e. The standard InChI is InChI=1S/C20H27N3O2.ClH/c1-20(19(25)23-16-8-9-17(23)14-21-12-10-16)11-5-13-22(20)18(24)15-6-3-2-4-7-15;/h2-4,6-7,16-17,21H,5,8-14H2,1H3;1H. The van der Waals surface area contributed by atoms with Crippen LogP contribution in [0.25, 0.3) is 0 Å². The number of carbonyl (C=O) groups is 2. The van der Waals surface area contributed by atoms with Crippen LogP contribution < -0.4 is 5.32 Å². The van der Waals surface area contributed by atoms with Gasteiger partial charge in [-0.15, -0.1) is 12.4 Å². The van der Waals surface area contributed by atoms with Crippen molar-refractivity contribution in [2.45, 2.75) is 56.7 Å². The van der Waals surface area contributed by atoms with Gasteiger partial charge in [0.25, 0.3) is 5.91 Å². The molecule has 0 radical (unpaired) electrons. The number of fused-ring (bicyclic) bond motifs is 2. The van der Waals surface area contributed by atoms with Crippen LogP contribution in [0, 0.1) is 0 Å². The van der Waals surface area contributed by atoms with E-state index in [2.05, 4.69) is 10.2 Å². The molecular formula is C20H28ClN3O2. The summed E-state index contributed by atoms with van der Waals surface area (Å²) in [4.78, 5) is 30.6. The molecule has 0 aliphatic carbocycles. The molecule has 5 nitrogen and oxygen atoms in total. The first kappa shape index (κ1) is 19.2. The van der Waals surface area contributed by atoms with Crippen molar-refractivity contribution in [1.82, 2.24) is 15.1 Å². The van der Waals surface area contributed by atoms with E-state index in [9.17, 15) is 9.59 Å². The first-order valence-corrected chi connectivity index (χ1v) is 9.52. The molecule has 1 aromatic rings. The largest absolute Gasteiger partial charge is 0.333 e.